The Balaban J connectivity index is 2.50. The van der Waals surface area contributed by atoms with E-state index in [1.54, 1.807) is 6.07 Å². The van der Waals surface area contributed by atoms with Crippen LogP contribution in [0.4, 0.5) is 5.69 Å². The molecule has 0 heterocycles. The van der Waals surface area contributed by atoms with Gasteiger partial charge in [-0.3, -0.25) is 10.1 Å². The maximum atomic E-state index is 11.1. The lowest BCUT2D eigenvalue weighted by atomic mass is 10.0. The second-order valence-electron chi connectivity index (χ2n) is 3.78. The van der Waals surface area contributed by atoms with Crippen LogP contribution in [0.2, 0.25) is 5.02 Å². The molecule has 2 rings (SSSR count). The molecular formula is C13H9BrClNO2. The highest BCUT2D eigenvalue weighted by Crippen LogP contribution is 2.35. The summed E-state index contributed by atoms with van der Waals surface area (Å²) in [5.41, 5.74) is 1.57. The van der Waals surface area contributed by atoms with Gasteiger partial charge in [-0.2, -0.15) is 0 Å². The van der Waals surface area contributed by atoms with E-state index in [-0.39, 0.29) is 10.7 Å². The first kappa shape index (κ1) is 13.1. The van der Waals surface area contributed by atoms with Crippen molar-refractivity contribution >= 4 is 33.2 Å². The molecule has 0 aliphatic rings. The van der Waals surface area contributed by atoms with Crippen LogP contribution in [0, 0.1) is 10.1 Å². The third-order valence-corrected chi connectivity index (χ3v) is 3.63. The van der Waals surface area contributed by atoms with Crippen LogP contribution >= 0.6 is 27.5 Å². The number of nitro benzene ring substituents is 1. The highest BCUT2D eigenvalue weighted by Gasteiger charge is 2.21. The minimum Gasteiger partial charge on any atom is -0.258 e. The molecule has 92 valence electrons. The quantitative estimate of drug-likeness (QED) is 0.611. The molecule has 2 aromatic rings. The lowest BCUT2D eigenvalue weighted by Crippen LogP contribution is -1.99. The normalized spacial score (nSPS) is 10.3. The Morgan fingerprint density at radius 3 is 2.44 bits per heavy atom. The van der Waals surface area contributed by atoms with Crippen molar-refractivity contribution in [3.63, 3.8) is 0 Å². The highest BCUT2D eigenvalue weighted by atomic mass is 79.9. The molecular weight excluding hydrogens is 318 g/mol. The van der Waals surface area contributed by atoms with E-state index in [9.17, 15) is 10.1 Å². The van der Waals surface area contributed by atoms with Crippen molar-refractivity contribution in [1.82, 2.24) is 0 Å². The van der Waals surface area contributed by atoms with Gasteiger partial charge < -0.3 is 0 Å². The first-order valence-corrected chi connectivity index (χ1v) is 6.42. The van der Waals surface area contributed by atoms with Crippen molar-refractivity contribution in [2.24, 2.45) is 0 Å². The van der Waals surface area contributed by atoms with Gasteiger partial charge in [0.15, 0.2) is 0 Å². The lowest BCUT2D eigenvalue weighted by Gasteiger charge is -2.07. The summed E-state index contributed by atoms with van der Waals surface area (Å²) >= 11 is 9.24. The van der Waals surface area contributed by atoms with Crippen molar-refractivity contribution in [3.05, 3.63) is 73.2 Å². The Bertz CT molecular complexity index is 587. The summed E-state index contributed by atoms with van der Waals surface area (Å²) < 4.78 is 0.697. The van der Waals surface area contributed by atoms with Gasteiger partial charge in [0.25, 0.3) is 5.69 Å². The van der Waals surface area contributed by atoms with Gasteiger partial charge in [0.2, 0.25) is 0 Å². The maximum absolute atomic E-state index is 11.1. The minimum atomic E-state index is -0.439. The summed E-state index contributed by atoms with van der Waals surface area (Å²) in [7, 11) is 0. The molecule has 0 aliphatic carbocycles. The van der Waals surface area contributed by atoms with Crippen molar-refractivity contribution in [2.45, 2.75) is 6.42 Å². The minimum absolute atomic E-state index is 0.0325. The predicted molar refractivity (Wildman–Crippen MR) is 75.1 cm³/mol. The molecule has 3 nitrogen and oxygen atoms in total. The fraction of sp³-hybridized carbons (Fsp3) is 0.0769. The zero-order chi connectivity index (χ0) is 13.1. The molecule has 18 heavy (non-hydrogen) atoms. The molecule has 0 amide bonds. The van der Waals surface area contributed by atoms with E-state index in [1.807, 2.05) is 30.3 Å². The van der Waals surface area contributed by atoms with Crippen molar-refractivity contribution in [2.75, 3.05) is 0 Å². The molecule has 0 bridgehead atoms. The Morgan fingerprint density at radius 1 is 1.17 bits per heavy atom. The SMILES string of the molecule is O=[N+]([O-])c1c(Cl)ccc(Br)c1Cc1ccccc1. The van der Waals surface area contributed by atoms with Crippen molar-refractivity contribution < 1.29 is 4.92 Å². The Hall–Kier alpha value is -1.39. The van der Waals surface area contributed by atoms with Crippen LogP contribution in [0.1, 0.15) is 11.1 Å². The average molecular weight is 327 g/mol. The summed E-state index contributed by atoms with van der Waals surface area (Å²) in [6.45, 7) is 0. The van der Waals surface area contributed by atoms with Gasteiger partial charge >= 0.3 is 0 Å². The van der Waals surface area contributed by atoms with Crippen molar-refractivity contribution in [3.8, 4) is 0 Å². The number of nitro groups is 1. The number of halogens is 2. The standard InChI is InChI=1S/C13H9BrClNO2/c14-11-6-7-12(15)13(16(17)18)10(11)8-9-4-2-1-3-5-9/h1-7H,8H2. The fourth-order valence-corrected chi connectivity index (χ4v) is 2.45. The van der Waals surface area contributed by atoms with E-state index in [4.69, 9.17) is 11.6 Å². The molecule has 5 heteroatoms. The fourth-order valence-electron chi connectivity index (χ4n) is 1.75. The molecule has 0 spiro atoms. The molecule has 0 saturated heterocycles. The molecule has 0 unspecified atom stereocenters. The van der Waals surface area contributed by atoms with Crippen LogP contribution in [-0.2, 0) is 6.42 Å². The Labute approximate surface area is 118 Å². The van der Waals surface area contributed by atoms with Crippen LogP contribution in [0.3, 0.4) is 0 Å². The highest BCUT2D eigenvalue weighted by molar-refractivity contribution is 9.10. The Kier molecular flexibility index (Phi) is 3.99. The van der Waals surface area contributed by atoms with Gasteiger partial charge in [-0.25, -0.2) is 0 Å². The number of rotatable bonds is 3. The van der Waals surface area contributed by atoms with E-state index in [2.05, 4.69) is 15.9 Å². The smallest absolute Gasteiger partial charge is 0.258 e. The molecule has 0 radical (unpaired) electrons. The van der Waals surface area contributed by atoms with Crippen LogP contribution in [0.5, 0.6) is 0 Å². The summed E-state index contributed by atoms with van der Waals surface area (Å²) in [4.78, 5) is 10.6. The molecule has 0 saturated carbocycles. The summed E-state index contributed by atoms with van der Waals surface area (Å²) in [5, 5.41) is 11.2. The zero-order valence-electron chi connectivity index (χ0n) is 9.27. The second kappa shape index (κ2) is 5.50. The maximum Gasteiger partial charge on any atom is 0.292 e. The third kappa shape index (κ3) is 2.71. The first-order valence-electron chi connectivity index (χ1n) is 5.25. The van der Waals surface area contributed by atoms with E-state index < -0.39 is 4.92 Å². The molecule has 0 fully saturated rings. The van der Waals surface area contributed by atoms with Gasteiger partial charge in [-0.1, -0.05) is 57.9 Å². The van der Waals surface area contributed by atoms with E-state index in [0.29, 0.717) is 16.5 Å². The van der Waals surface area contributed by atoms with E-state index >= 15 is 0 Å². The molecule has 0 N–H and O–H groups in total. The molecule has 0 aliphatic heterocycles. The van der Waals surface area contributed by atoms with Gasteiger partial charge in [-0.15, -0.1) is 0 Å². The monoisotopic (exact) mass is 325 g/mol. The first-order chi connectivity index (χ1) is 8.59. The van der Waals surface area contributed by atoms with E-state index in [0.717, 1.165) is 5.56 Å². The van der Waals surface area contributed by atoms with Gasteiger partial charge in [0.1, 0.15) is 5.02 Å². The lowest BCUT2D eigenvalue weighted by molar-refractivity contribution is -0.385. The molecule has 2 aromatic carbocycles. The molecule has 0 atom stereocenters. The summed E-state index contributed by atoms with van der Waals surface area (Å²) in [6.07, 6.45) is 0.471. The number of hydrogen-bond donors (Lipinski definition) is 0. The van der Waals surface area contributed by atoms with E-state index in [1.165, 1.54) is 6.07 Å². The Morgan fingerprint density at radius 2 is 1.83 bits per heavy atom. The molecule has 0 aromatic heterocycles. The van der Waals surface area contributed by atoms with Crippen LogP contribution in [0.25, 0.3) is 0 Å². The predicted octanol–water partition coefficient (Wildman–Crippen LogP) is 4.60. The zero-order valence-corrected chi connectivity index (χ0v) is 11.6. The van der Waals surface area contributed by atoms with Gasteiger partial charge in [0.05, 0.1) is 4.92 Å². The number of hydrogen-bond acceptors (Lipinski definition) is 2. The largest absolute Gasteiger partial charge is 0.292 e. The van der Waals surface area contributed by atoms with Crippen LogP contribution in [-0.4, -0.2) is 4.92 Å². The summed E-state index contributed by atoms with van der Waals surface area (Å²) in [6, 6.07) is 12.8. The second-order valence-corrected chi connectivity index (χ2v) is 5.04. The third-order valence-electron chi connectivity index (χ3n) is 2.58. The van der Waals surface area contributed by atoms with Crippen LogP contribution in [0.15, 0.2) is 46.9 Å². The average Bonchev–Trinajstić information content (AvgIpc) is 2.35. The van der Waals surface area contributed by atoms with Gasteiger partial charge in [0, 0.05) is 16.5 Å². The summed E-state index contributed by atoms with van der Waals surface area (Å²) in [5.74, 6) is 0. The topological polar surface area (TPSA) is 43.1 Å². The van der Waals surface area contributed by atoms with Gasteiger partial charge in [-0.05, 0) is 17.7 Å². The number of nitrogens with zero attached hydrogens (tertiary/aromatic N) is 1. The number of benzene rings is 2. The van der Waals surface area contributed by atoms with Crippen molar-refractivity contribution in [1.29, 1.82) is 0 Å². The van der Waals surface area contributed by atoms with Crippen LogP contribution < -0.4 is 0 Å².